The second-order valence-electron chi connectivity index (χ2n) is 3.49. The van der Waals surface area contributed by atoms with Crippen LogP contribution in [0, 0.1) is 0 Å². The van der Waals surface area contributed by atoms with E-state index < -0.39 is 10.0 Å². The van der Waals surface area contributed by atoms with Gasteiger partial charge in [0.2, 0.25) is 0 Å². The number of hydrogen-bond acceptors (Lipinski definition) is 3. The zero-order chi connectivity index (χ0) is 13.1. The number of aryl methyl sites for hydroxylation is 1. The van der Waals surface area contributed by atoms with E-state index in [2.05, 4.69) is 0 Å². The van der Waals surface area contributed by atoms with E-state index in [4.69, 9.17) is 22.3 Å². The minimum atomic E-state index is -3.55. The summed E-state index contributed by atoms with van der Waals surface area (Å²) in [7, 11) is 3.35. The van der Waals surface area contributed by atoms with Crippen molar-refractivity contribution >= 4 is 43.5 Å². The number of benzene rings is 1. The van der Waals surface area contributed by atoms with Gasteiger partial charge in [-0.1, -0.05) is 24.9 Å². The van der Waals surface area contributed by atoms with Crippen LogP contribution in [0.25, 0.3) is 0 Å². The fraction of sp³-hybridized carbons (Fsp3) is 0.400. The average molecular weight is 314 g/mol. The third kappa shape index (κ3) is 3.51. The van der Waals surface area contributed by atoms with E-state index in [1.165, 1.54) is 13.1 Å². The molecule has 0 radical (unpaired) electrons. The normalized spacial score (nSPS) is 12.1. The summed E-state index contributed by atoms with van der Waals surface area (Å²) in [4.78, 5) is 0.263. The monoisotopic (exact) mass is 313 g/mol. The van der Waals surface area contributed by atoms with Gasteiger partial charge in [-0.3, -0.25) is 0 Å². The van der Waals surface area contributed by atoms with E-state index in [1.807, 2.05) is 6.92 Å². The standard InChI is InChI=1S/C10H13Cl2NO2S2/c1-3-4-8-7-9(11)5-6-10(8)17(14,15)13(2)16-12/h5-7H,3-4H2,1-2H3. The molecule has 0 amide bonds. The van der Waals surface area contributed by atoms with Gasteiger partial charge in [0.15, 0.2) is 0 Å². The Morgan fingerprint density at radius 1 is 1.41 bits per heavy atom. The van der Waals surface area contributed by atoms with Crippen LogP contribution in [0.4, 0.5) is 0 Å². The SMILES string of the molecule is CCCc1cc(Cl)ccc1S(=O)(=O)N(C)SCl. The molecule has 0 fully saturated rings. The zero-order valence-corrected chi connectivity index (χ0v) is 12.6. The largest absolute Gasteiger partial charge is 0.253 e. The molecule has 0 aliphatic carbocycles. The summed E-state index contributed by atoms with van der Waals surface area (Å²) in [5, 5.41) is 0.536. The molecule has 7 heteroatoms. The number of nitrogens with zero attached hydrogens (tertiary/aromatic N) is 1. The summed E-state index contributed by atoms with van der Waals surface area (Å²) in [6.45, 7) is 1.98. The third-order valence-electron chi connectivity index (χ3n) is 2.26. The first kappa shape index (κ1) is 15.1. The van der Waals surface area contributed by atoms with Crippen LogP contribution < -0.4 is 0 Å². The summed E-state index contributed by atoms with van der Waals surface area (Å²) >= 11 is 6.52. The molecule has 0 aliphatic rings. The topological polar surface area (TPSA) is 37.4 Å². The Balaban J connectivity index is 3.30. The lowest BCUT2D eigenvalue weighted by atomic mass is 10.1. The van der Waals surface area contributed by atoms with Crippen molar-refractivity contribution in [1.29, 1.82) is 0 Å². The maximum Gasteiger partial charge on any atom is 0.253 e. The fourth-order valence-corrected chi connectivity index (χ4v) is 3.85. The van der Waals surface area contributed by atoms with Crippen molar-refractivity contribution in [2.24, 2.45) is 0 Å². The van der Waals surface area contributed by atoms with Gasteiger partial charge in [0.1, 0.15) is 0 Å². The minimum absolute atomic E-state index is 0.263. The first-order valence-corrected chi connectivity index (χ1v) is 8.41. The van der Waals surface area contributed by atoms with Gasteiger partial charge in [-0.25, -0.2) is 8.42 Å². The van der Waals surface area contributed by atoms with E-state index >= 15 is 0 Å². The molecule has 3 nitrogen and oxygen atoms in total. The Labute approximate surface area is 116 Å². The molecule has 0 spiro atoms. The Morgan fingerprint density at radius 3 is 2.59 bits per heavy atom. The molecule has 1 aromatic carbocycles. The smallest absolute Gasteiger partial charge is 0.206 e. The van der Waals surface area contributed by atoms with E-state index in [1.54, 1.807) is 12.1 Å². The molecule has 0 unspecified atom stereocenters. The highest BCUT2D eigenvalue weighted by molar-refractivity contribution is 8.24. The van der Waals surface area contributed by atoms with Crippen LogP contribution in [0.1, 0.15) is 18.9 Å². The van der Waals surface area contributed by atoms with Gasteiger partial charge < -0.3 is 0 Å². The second-order valence-corrected chi connectivity index (χ2v) is 7.19. The molecule has 0 aromatic heterocycles. The molecule has 0 aliphatic heterocycles. The molecule has 0 saturated heterocycles. The Kier molecular flexibility index (Phi) is 5.60. The van der Waals surface area contributed by atoms with E-state index in [0.717, 1.165) is 15.7 Å². The maximum atomic E-state index is 12.1. The van der Waals surface area contributed by atoms with Crippen LogP contribution in [-0.4, -0.2) is 19.2 Å². The van der Waals surface area contributed by atoms with Crippen molar-refractivity contribution in [3.63, 3.8) is 0 Å². The Morgan fingerprint density at radius 2 is 2.06 bits per heavy atom. The fourth-order valence-electron chi connectivity index (χ4n) is 1.44. The maximum absolute atomic E-state index is 12.1. The van der Waals surface area contributed by atoms with Crippen LogP contribution in [0.3, 0.4) is 0 Å². The molecule has 1 rings (SSSR count). The molecule has 0 heterocycles. The third-order valence-corrected chi connectivity index (χ3v) is 5.99. The summed E-state index contributed by atoms with van der Waals surface area (Å²) < 4.78 is 25.3. The quantitative estimate of drug-likeness (QED) is 0.778. The van der Waals surface area contributed by atoms with Crippen LogP contribution in [0.2, 0.25) is 5.02 Å². The van der Waals surface area contributed by atoms with Crippen LogP contribution in [-0.2, 0) is 16.4 Å². The molecule has 0 N–H and O–H groups in total. The average Bonchev–Trinajstić information content (AvgIpc) is 2.28. The summed E-state index contributed by atoms with van der Waals surface area (Å²) in [6, 6.07) is 4.78. The number of sulfonamides is 1. The molecule has 0 saturated carbocycles. The van der Waals surface area contributed by atoms with Gasteiger partial charge >= 0.3 is 0 Å². The molecule has 0 atom stereocenters. The van der Waals surface area contributed by atoms with Crippen molar-refractivity contribution < 1.29 is 8.42 Å². The zero-order valence-electron chi connectivity index (χ0n) is 9.48. The highest BCUT2D eigenvalue weighted by Crippen LogP contribution is 2.28. The van der Waals surface area contributed by atoms with Gasteiger partial charge in [-0.05, 0) is 40.9 Å². The van der Waals surface area contributed by atoms with E-state index in [9.17, 15) is 8.42 Å². The van der Waals surface area contributed by atoms with Gasteiger partial charge in [-0.2, -0.15) is 0 Å². The van der Waals surface area contributed by atoms with E-state index in [-0.39, 0.29) is 4.90 Å². The predicted octanol–water partition coefficient (Wildman–Crippen LogP) is 3.72. The lowest BCUT2D eigenvalue weighted by Gasteiger charge is -2.15. The van der Waals surface area contributed by atoms with Crippen molar-refractivity contribution in [2.45, 2.75) is 24.7 Å². The highest BCUT2D eigenvalue weighted by Gasteiger charge is 2.24. The summed E-state index contributed by atoms with van der Waals surface area (Å²) in [5.41, 5.74) is 0.720. The lowest BCUT2D eigenvalue weighted by molar-refractivity contribution is 0.564. The Bertz CT molecular complexity index is 491. The van der Waals surface area contributed by atoms with Crippen molar-refractivity contribution in [3.8, 4) is 0 Å². The first-order chi connectivity index (χ1) is 7.93. The molecule has 0 bridgehead atoms. The number of rotatable bonds is 5. The number of halogens is 2. The Hall–Kier alpha value is 0.0600. The molecule has 17 heavy (non-hydrogen) atoms. The van der Waals surface area contributed by atoms with Gasteiger partial charge in [0, 0.05) is 23.2 Å². The predicted molar refractivity (Wildman–Crippen MR) is 73.8 cm³/mol. The van der Waals surface area contributed by atoms with Gasteiger partial charge in [0.25, 0.3) is 10.0 Å². The molecular formula is C10H13Cl2NO2S2. The van der Waals surface area contributed by atoms with Crippen LogP contribution in [0.5, 0.6) is 0 Å². The van der Waals surface area contributed by atoms with Gasteiger partial charge in [0.05, 0.1) is 4.90 Å². The van der Waals surface area contributed by atoms with Crippen molar-refractivity contribution in [1.82, 2.24) is 3.71 Å². The van der Waals surface area contributed by atoms with Crippen molar-refractivity contribution in [2.75, 3.05) is 7.05 Å². The van der Waals surface area contributed by atoms with Gasteiger partial charge in [-0.15, -0.1) is 3.71 Å². The van der Waals surface area contributed by atoms with Crippen LogP contribution >= 0.6 is 33.4 Å². The summed E-state index contributed by atoms with van der Waals surface area (Å²) in [6.07, 6.45) is 1.51. The van der Waals surface area contributed by atoms with Crippen molar-refractivity contribution in [3.05, 3.63) is 28.8 Å². The molecule has 96 valence electrons. The molecule has 1 aromatic rings. The lowest BCUT2D eigenvalue weighted by Crippen LogP contribution is -2.20. The summed E-state index contributed by atoms with van der Waals surface area (Å²) in [5.74, 6) is 0. The van der Waals surface area contributed by atoms with Crippen LogP contribution in [0.15, 0.2) is 23.1 Å². The number of hydrogen-bond donors (Lipinski definition) is 0. The highest BCUT2D eigenvalue weighted by atomic mass is 35.7. The molecular weight excluding hydrogens is 301 g/mol. The van der Waals surface area contributed by atoms with E-state index in [0.29, 0.717) is 22.6 Å². The second kappa shape index (κ2) is 6.29. The first-order valence-electron chi connectivity index (χ1n) is 4.99. The minimum Gasteiger partial charge on any atom is -0.206 e.